The van der Waals surface area contributed by atoms with Crippen LogP contribution >= 0.6 is 11.9 Å². The summed E-state index contributed by atoms with van der Waals surface area (Å²) in [6, 6.07) is 4.63. The van der Waals surface area contributed by atoms with Crippen LogP contribution in [0.3, 0.4) is 0 Å². The number of morpholine rings is 1. The first kappa shape index (κ1) is 35.4. The molecule has 4 heterocycles. The minimum atomic E-state index is -1.10. The van der Waals surface area contributed by atoms with E-state index in [0.717, 1.165) is 35.6 Å². The normalized spacial score (nSPS) is 23.8. The fraction of sp³-hybridized carbons (Fsp3) is 0.529. The lowest BCUT2D eigenvalue weighted by atomic mass is 10.0. The molecule has 15 nitrogen and oxygen atoms in total. The maximum absolute atomic E-state index is 13.9. The average Bonchev–Trinajstić information content (AvgIpc) is 3.47. The number of nitrogens with one attached hydrogen (secondary N) is 2. The number of likely N-dealkylation sites (tertiary alicyclic amines) is 2. The highest BCUT2D eigenvalue weighted by Crippen LogP contribution is 2.35. The lowest BCUT2D eigenvalue weighted by Gasteiger charge is -2.28. The van der Waals surface area contributed by atoms with Crippen molar-refractivity contribution in [3.05, 3.63) is 43.1 Å². The van der Waals surface area contributed by atoms with Gasteiger partial charge in [0, 0.05) is 48.4 Å². The van der Waals surface area contributed by atoms with Crippen LogP contribution in [-0.2, 0) is 28.7 Å². The van der Waals surface area contributed by atoms with Gasteiger partial charge in [-0.25, -0.2) is 9.78 Å². The number of methoxy groups -OCH3 is 1. The van der Waals surface area contributed by atoms with Gasteiger partial charge in [0.05, 0.1) is 20.2 Å². The Labute approximate surface area is 293 Å². The molecule has 3 saturated heterocycles. The van der Waals surface area contributed by atoms with E-state index < -0.39 is 47.9 Å². The van der Waals surface area contributed by atoms with Crippen molar-refractivity contribution in [2.45, 2.75) is 87.5 Å². The van der Waals surface area contributed by atoms with Crippen LogP contribution in [0.25, 0.3) is 10.8 Å². The Bertz CT molecular complexity index is 1660. The van der Waals surface area contributed by atoms with Gasteiger partial charge in [0.2, 0.25) is 23.6 Å². The Balaban J connectivity index is 1.15. The number of benzene rings is 1. The average molecular weight is 711 g/mol. The summed E-state index contributed by atoms with van der Waals surface area (Å²) in [5, 5.41) is 14.8. The molecule has 0 spiro atoms. The highest BCUT2D eigenvalue weighted by atomic mass is 32.2. The van der Waals surface area contributed by atoms with E-state index in [1.165, 1.54) is 15.9 Å². The molecule has 2 aromatic rings. The summed E-state index contributed by atoms with van der Waals surface area (Å²) in [5.74, 6) is -1.70. The molecule has 1 aromatic heterocycles. The summed E-state index contributed by atoms with van der Waals surface area (Å²) in [4.78, 5) is 73.1. The summed E-state index contributed by atoms with van der Waals surface area (Å²) in [7, 11) is 1.58. The van der Waals surface area contributed by atoms with Crippen LogP contribution in [0.15, 0.2) is 43.1 Å². The van der Waals surface area contributed by atoms with E-state index >= 15 is 0 Å². The number of aromatic nitrogens is 1. The van der Waals surface area contributed by atoms with Crippen molar-refractivity contribution in [2.24, 2.45) is 5.92 Å². The monoisotopic (exact) mass is 710 g/mol. The van der Waals surface area contributed by atoms with Gasteiger partial charge in [-0.2, -0.15) is 0 Å². The standard InChI is InChI=1S/C34H42N6O9S/c1-4-19(2)30(32(44)37-40(46)50-24-9-10-24)36-31(43)26-15-22(48-33-25-11-8-21(47-3)14-20(25)12-13-35-33)17-38(26)28(41)6-5-7-29(42)39-18-23-16-27(39)34(45)49-23/h4,8,11-14,19,22-24,26-27,30,46H,1,5-7,9-10,15-18H2,2-3H3,(H,36,43)(H,37,44). The van der Waals surface area contributed by atoms with Gasteiger partial charge in [0.15, 0.2) is 0 Å². The van der Waals surface area contributed by atoms with Gasteiger partial charge in [-0.1, -0.05) is 13.0 Å². The SMILES string of the molecule is C=CC(C)C(NC(=O)C1CC(Oc2nccc3cc(OC)ccc23)CN1C(=O)CCCC(=O)N1CC2CC1C(=O)O2)C(=O)NN(O)SC1CC1. The number of amides is 4. The van der Waals surface area contributed by atoms with Crippen molar-refractivity contribution < 1.29 is 43.4 Å². The minimum absolute atomic E-state index is 0.0221. The summed E-state index contributed by atoms with van der Waals surface area (Å²) in [6.45, 7) is 5.90. The number of rotatable bonds is 15. The van der Waals surface area contributed by atoms with Crippen LogP contribution in [0.2, 0.25) is 0 Å². The van der Waals surface area contributed by atoms with E-state index in [1.54, 1.807) is 26.3 Å². The number of carbonyl (C=O) groups is 5. The van der Waals surface area contributed by atoms with Crippen molar-refractivity contribution in [3.63, 3.8) is 0 Å². The fourth-order valence-corrected chi connectivity index (χ4v) is 7.31. The molecule has 3 N–H and O–H groups in total. The second kappa shape index (κ2) is 15.2. The third-order valence-corrected chi connectivity index (χ3v) is 10.5. The smallest absolute Gasteiger partial charge is 0.329 e. The van der Waals surface area contributed by atoms with Crippen LogP contribution in [0.4, 0.5) is 0 Å². The number of ether oxygens (including phenoxy) is 3. The zero-order valence-corrected chi connectivity index (χ0v) is 28.8. The van der Waals surface area contributed by atoms with Crippen LogP contribution in [-0.4, -0.2) is 110 Å². The lowest BCUT2D eigenvalue weighted by molar-refractivity contribution is -0.157. The second-order valence-electron chi connectivity index (χ2n) is 13.1. The molecular formula is C34H42N6O9S. The Hall–Kier alpha value is -4.41. The Morgan fingerprint density at radius 3 is 2.60 bits per heavy atom. The molecule has 16 heteroatoms. The number of pyridine rings is 1. The molecular weight excluding hydrogens is 668 g/mol. The predicted octanol–water partition coefficient (Wildman–Crippen LogP) is 2.13. The van der Waals surface area contributed by atoms with E-state index in [1.807, 2.05) is 18.2 Å². The molecule has 4 amide bonds. The van der Waals surface area contributed by atoms with E-state index in [-0.39, 0.29) is 55.4 Å². The maximum Gasteiger partial charge on any atom is 0.329 e. The molecule has 6 unspecified atom stereocenters. The second-order valence-corrected chi connectivity index (χ2v) is 14.3. The number of hydrogen-bond acceptors (Lipinski definition) is 12. The Kier molecular flexibility index (Phi) is 10.8. The number of nitrogens with zero attached hydrogens (tertiary/aromatic N) is 4. The largest absolute Gasteiger partial charge is 0.497 e. The number of esters is 1. The van der Waals surface area contributed by atoms with Crippen LogP contribution in [0.5, 0.6) is 11.6 Å². The van der Waals surface area contributed by atoms with Crippen LogP contribution < -0.4 is 20.2 Å². The summed E-state index contributed by atoms with van der Waals surface area (Å²) >= 11 is 1.09. The van der Waals surface area contributed by atoms with Gasteiger partial charge in [0.1, 0.15) is 36.1 Å². The lowest BCUT2D eigenvalue weighted by Crippen LogP contribution is -2.56. The van der Waals surface area contributed by atoms with Crippen molar-refractivity contribution in [1.82, 2.24) is 30.1 Å². The summed E-state index contributed by atoms with van der Waals surface area (Å²) < 4.78 is 17.5. The molecule has 50 heavy (non-hydrogen) atoms. The van der Waals surface area contributed by atoms with Gasteiger partial charge < -0.3 is 29.3 Å². The highest BCUT2D eigenvalue weighted by Gasteiger charge is 2.48. The molecule has 1 aromatic carbocycles. The van der Waals surface area contributed by atoms with Crippen molar-refractivity contribution >= 4 is 52.3 Å². The zero-order chi connectivity index (χ0) is 35.5. The predicted molar refractivity (Wildman–Crippen MR) is 180 cm³/mol. The van der Waals surface area contributed by atoms with Gasteiger partial charge in [0.25, 0.3) is 5.91 Å². The quantitative estimate of drug-likeness (QED) is 0.106. The van der Waals surface area contributed by atoms with E-state index in [4.69, 9.17) is 14.2 Å². The molecule has 3 aliphatic heterocycles. The minimum Gasteiger partial charge on any atom is -0.497 e. The molecule has 6 rings (SSSR count). The first-order chi connectivity index (χ1) is 24.0. The molecule has 2 bridgehead atoms. The first-order valence-electron chi connectivity index (χ1n) is 16.8. The van der Waals surface area contributed by atoms with Gasteiger partial charge in [-0.15, -0.1) is 6.58 Å². The molecule has 0 radical (unpaired) electrons. The molecule has 268 valence electrons. The molecule has 4 fully saturated rings. The van der Waals surface area contributed by atoms with E-state index in [0.29, 0.717) is 29.2 Å². The summed E-state index contributed by atoms with van der Waals surface area (Å²) in [5.41, 5.74) is 2.40. The molecule has 4 aliphatic rings. The maximum atomic E-state index is 13.9. The Morgan fingerprint density at radius 2 is 1.92 bits per heavy atom. The van der Waals surface area contributed by atoms with Crippen molar-refractivity contribution in [2.75, 3.05) is 20.2 Å². The fourth-order valence-electron chi connectivity index (χ4n) is 6.54. The number of fused-ring (bicyclic) bond motifs is 3. The number of hydrogen-bond donors (Lipinski definition) is 3. The molecule has 1 saturated carbocycles. The topological polar surface area (TPSA) is 180 Å². The first-order valence-corrected chi connectivity index (χ1v) is 17.7. The number of carbonyl (C=O) groups excluding carboxylic acids is 5. The zero-order valence-electron chi connectivity index (χ0n) is 28.0. The third-order valence-electron chi connectivity index (χ3n) is 9.48. The van der Waals surface area contributed by atoms with Gasteiger partial charge in [-0.05, 0) is 65.4 Å². The van der Waals surface area contributed by atoms with Crippen molar-refractivity contribution in [1.29, 1.82) is 0 Å². The van der Waals surface area contributed by atoms with Crippen LogP contribution in [0.1, 0.15) is 51.9 Å². The van der Waals surface area contributed by atoms with Crippen LogP contribution in [0, 0.1) is 5.92 Å². The van der Waals surface area contributed by atoms with Gasteiger partial charge >= 0.3 is 5.97 Å². The molecule has 6 atom stereocenters. The highest BCUT2D eigenvalue weighted by molar-refractivity contribution is 7.97. The van der Waals surface area contributed by atoms with Crippen molar-refractivity contribution in [3.8, 4) is 11.6 Å². The van der Waals surface area contributed by atoms with Gasteiger partial charge in [-0.3, -0.25) is 29.8 Å². The molecule has 1 aliphatic carbocycles. The van der Waals surface area contributed by atoms with E-state index in [2.05, 4.69) is 22.3 Å². The summed E-state index contributed by atoms with van der Waals surface area (Å²) in [6.07, 6.45) is 4.96. The Morgan fingerprint density at radius 1 is 1.16 bits per heavy atom. The third kappa shape index (κ3) is 7.97. The van der Waals surface area contributed by atoms with E-state index in [9.17, 15) is 29.2 Å². The number of hydrazine groups is 1.